The topological polar surface area (TPSA) is 72.9 Å². The van der Waals surface area contributed by atoms with Gasteiger partial charge in [-0.3, -0.25) is 4.79 Å². The third kappa shape index (κ3) is 3.46. The number of carbonyl (C=O) groups excluding carboxylic acids is 1. The zero-order valence-corrected chi connectivity index (χ0v) is 13.5. The lowest BCUT2D eigenvalue weighted by Gasteiger charge is -2.46. The summed E-state index contributed by atoms with van der Waals surface area (Å²) in [5.74, 6) is 0.551. The molecule has 0 spiro atoms. The number of nitrogens with two attached hydrogens (primary N) is 1. The lowest BCUT2D eigenvalue weighted by Crippen LogP contribution is -2.53. The summed E-state index contributed by atoms with van der Waals surface area (Å²) in [7, 11) is 0. The molecule has 21 heavy (non-hydrogen) atoms. The van der Waals surface area contributed by atoms with Crippen LogP contribution < -0.4 is 11.1 Å². The van der Waals surface area contributed by atoms with Crippen molar-refractivity contribution in [2.24, 2.45) is 23.0 Å². The van der Waals surface area contributed by atoms with E-state index in [1.54, 1.807) is 12.5 Å². The van der Waals surface area contributed by atoms with Crippen LogP contribution in [0.4, 0.5) is 0 Å². The van der Waals surface area contributed by atoms with Crippen molar-refractivity contribution in [1.82, 2.24) is 14.9 Å². The van der Waals surface area contributed by atoms with E-state index in [-0.39, 0.29) is 29.3 Å². The van der Waals surface area contributed by atoms with Crippen molar-refractivity contribution in [2.45, 2.75) is 59.2 Å². The van der Waals surface area contributed by atoms with E-state index in [9.17, 15) is 4.79 Å². The molecule has 1 fully saturated rings. The van der Waals surface area contributed by atoms with Crippen LogP contribution in [-0.4, -0.2) is 27.5 Å². The Labute approximate surface area is 127 Å². The molecule has 5 nitrogen and oxygen atoms in total. The molecule has 118 valence electrons. The van der Waals surface area contributed by atoms with Crippen molar-refractivity contribution in [2.75, 3.05) is 0 Å². The minimum absolute atomic E-state index is 0.0394. The van der Waals surface area contributed by atoms with Crippen LogP contribution in [0.3, 0.4) is 0 Å². The number of aromatic nitrogens is 2. The van der Waals surface area contributed by atoms with Crippen LogP contribution in [0.1, 0.15) is 40.5 Å². The highest BCUT2D eigenvalue weighted by Gasteiger charge is 2.45. The van der Waals surface area contributed by atoms with Crippen molar-refractivity contribution >= 4 is 5.91 Å². The van der Waals surface area contributed by atoms with Gasteiger partial charge in [0.1, 0.15) is 0 Å². The molecule has 2 rings (SSSR count). The maximum Gasteiger partial charge on any atom is 0.223 e. The van der Waals surface area contributed by atoms with Crippen molar-refractivity contribution in [3.63, 3.8) is 0 Å². The molecule has 3 N–H and O–H groups in total. The van der Waals surface area contributed by atoms with Gasteiger partial charge in [0.2, 0.25) is 5.91 Å². The highest BCUT2D eigenvalue weighted by Crippen LogP contribution is 2.44. The zero-order valence-electron chi connectivity index (χ0n) is 13.5. The quantitative estimate of drug-likeness (QED) is 0.888. The lowest BCUT2D eigenvalue weighted by atomic mass is 9.61. The van der Waals surface area contributed by atoms with Crippen molar-refractivity contribution in [3.8, 4) is 0 Å². The summed E-state index contributed by atoms with van der Waals surface area (Å²) in [5.41, 5.74) is 6.11. The fourth-order valence-electron chi connectivity index (χ4n) is 3.42. The third-order valence-electron chi connectivity index (χ3n) is 5.25. The zero-order chi connectivity index (χ0) is 15.6. The summed E-state index contributed by atoms with van der Waals surface area (Å²) >= 11 is 0. The third-order valence-corrected chi connectivity index (χ3v) is 5.25. The summed E-state index contributed by atoms with van der Waals surface area (Å²) in [6.07, 6.45) is 7.24. The molecule has 5 heteroatoms. The average molecular weight is 292 g/mol. The highest BCUT2D eigenvalue weighted by atomic mass is 16.2. The van der Waals surface area contributed by atoms with Crippen molar-refractivity contribution < 1.29 is 4.79 Å². The molecule has 1 heterocycles. The summed E-state index contributed by atoms with van der Waals surface area (Å²) in [5, 5.41) is 3.15. The summed E-state index contributed by atoms with van der Waals surface area (Å²) in [4.78, 5) is 16.6. The van der Waals surface area contributed by atoms with Crippen LogP contribution >= 0.6 is 0 Å². The molecule has 1 amide bonds. The first-order chi connectivity index (χ1) is 9.82. The van der Waals surface area contributed by atoms with Gasteiger partial charge < -0.3 is 15.6 Å². The van der Waals surface area contributed by atoms with E-state index < -0.39 is 0 Å². The van der Waals surface area contributed by atoms with E-state index in [4.69, 9.17) is 5.73 Å². The molecule has 1 aliphatic rings. The minimum Gasteiger partial charge on any atom is -0.352 e. The molecule has 0 aliphatic heterocycles. The van der Waals surface area contributed by atoms with Gasteiger partial charge in [-0.15, -0.1) is 0 Å². The SMILES string of the molecule is CC(Cn1ccnc1)NC(=O)C1CCC(N)C(C)C1(C)C. The van der Waals surface area contributed by atoms with E-state index >= 15 is 0 Å². The summed E-state index contributed by atoms with van der Waals surface area (Å²) in [6.45, 7) is 9.28. The number of hydrogen-bond donors (Lipinski definition) is 2. The molecule has 4 unspecified atom stereocenters. The van der Waals surface area contributed by atoms with Gasteiger partial charge in [-0.2, -0.15) is 0 Å². The Morgan fingerprint density at radius 3 is 2.86 bits per heavy atom. The molecule has 4 atom stereocenters. The maximum absolute atomic E-state index is 12.6. The Balaban J connectivity index is 1.96. The molecule has 1 aliphatic carbocycles. The van der Waals surface area contributed by atoms with Crippen molar-refractivity contribution in [3.05, 3.63) is 18.7 Å². The van der Waals surface area contributed by atoms with E-state index in [0.29, 0.717) is 5.92 Å². The number of imidazole rings is 1. The predicted molar refractivity (Wildman–Crippen MR) is 83.5 cm³/mol. The van der Waals surface area contributed by atoms with E-state index in [1.807, 2.05) is 17.7 Å². The van der Waals surface area contributed by atoms with E-state index in [1.165, 1.54) is 0 Å². The standard InChI is InChI=1S/C16H28N4O/c1-11(9-20-8-7-18-10-20)19-15(21)13-5-6-14(17)12(2)16(13,3)4/h7-8,10-14H,5-6,9,17H2,1-4H3,(H,19,21). The molecule has 0 bridgehead atoms. The fraction of sp³-hybridized carbons (Fsp3) is 0.750. The number of hydrogen-bond acceptors (Lipinski definition) is 3. The Bertz CT molecular complexity index is 469. The van der Waals surface area contributed by atoms with Crippen LogP contribution in [0, 0.1) is 17.3 Å². The van der Waals surface area contributed by atoms with Gasteiger partial charge in [0.25, 0.3) is 0 Å². The second-order valence-corrected chi connectivity index (χ2v) is 7.07. The molecule has 1 saturated carbocycles. The predicted octanol–water partition coefficient (Wildman–Crippen LogP) is 1.79. The Morgan fingerprint density at radius 1 is 1.52 bits per heavy atom. The Morgan fingerprint density at radius 2 is 2.24 bits per heavy atom. The molecule has 0 aromatic carbocycles. The highest BCUT2D eigenvalue weighted by molar-refractivity contribution is 5.79. The monoisotopic (exact) mass is 292 g/mol. The van der Waals surface area contributed by atoms with Crippen LogP contribution in [0.5, 0.6) is 0 Å². The van der Waals surface area contributed by atoms with E-state index in [0.717, 1.165) is 19.4 Å². The Kier molecular flexibility index (Phi) is 4.71. The molecule has 1 aromatic rings. The normalized spacial score (nSPS) is 29.9. The molecular weight excluding hydrogens is 264 g/mol. The van der Waals surface area contributed by atoms with Gasteiger partial charge in [0.05, 0.1) is 6.33 Å². The first-order valence-electron chi connectivity index (χ1n) is 7.84. The smallest absolute Gasteiger partial charge is 0.223 e. The van der Waals surface area contributed by atoms with Crippen molar-refractivity contribution in [1.29, 1.82) is 0 Å². The number of nitrogens with one attached hydrogen (secondary N) is 1. The number of amides is 1. The average Bonchev–Trinajstić information content (AvgIpc) is 2.88. The second-order valence-electron chi connectivity index (χ2n) is 7.07. The second kappa shape index (κ2) is 6.18. The molecule has 0 radical (unpaired) electrons. The fourth-order valence-corrected chi connectivity index (χ4v) is 3.42. The van der Waals surface area contributed by atoms with Gasteiger partial charge in [0.15, 0.2) is 0 Å². The maximum atomic E-state index is 12.6. The van der Waals surface area contributed by atoms with Crippen LogP contribution in [0.2, 0.25) is 0 Å². The van der Waals surface area contributed by atoms with Gasteiger partial charge in [-0.1, -0.05) is 20.8 Å². The number of nitrogens with zero attached hydrogens (tertiary/aromatic N) is 2. The van der Waals surface area contributed by atoms with Gasteiger partial charge >= 0.3 is 0 Å². The summed E-state index contributed by atoms with van der Waals surface area (Å²) < 4.78 is 1.98. The van der Waals surface area contributed by atoms with Crippen LogP contribution in [0.15, 0.2) is 18.7 Å². The van der Waals surface area contributed by atoms with Gasteiger partial charge in [0, 0.05) is 36.9 Å². The lowest BCUT2D eigenvalue weighted by molar-refractivity contribution is -0.133. The molecular formula is C16H28N4O. The van der Waals surface area contributed by atoms with Crippen LogP contribution in [-0.2, 0) is 11.3 Å². The van der Waals surface area contributed by atoms with Crippen LogP contribution in [0.25, 0.3) is 0 Å². The van der Waals surface area contributed by atoms with E-state index in [2.05, 4.69) is 31.1 Å². The van der Waals surface area contributed by atoms with Gasteiger partial charge in [-0.25, -0.2) is 4.98 Å². The Hall–Kier alpha value is -1.36. The molecule has 1 aromatic heterocycles. The number of rotatable bonds is 4. The summed E-state index contributed by atoms with van der Waals surface area (Å²) in [6, 6.07) is 0.292. The minimum atomic E-state index is -0.0591. The first kappa shape index (κ1) is 16.0. The first-order valence-corrected chi connectivity index (χ1v) is 7.84. The molecule has 0 saturated heterocycles. The van der Waals surface area contributed by atoms with Gasteiger partial charge in [-0.05, 0) is 31.1 Å². The number of carbonyl (C=O) groups is 1. The largest absolute Gasteiger partial charge is 0.352 e.